The second-order valence-electron chi connectivity index (χ2n) is 6.19. The predicted octanol–water partition coefficient (Wildman–Crippen LogP) is 3.18. The zero-order valence-electron chi connectivity index (χ0n) is 15.0. The molecule has 3 rings (SSSR count). The number of benzene rings is 1. The Morgan fingerprint density at radius 1 is 1.19 bits per heavy atom. The van der Waals surface area contributed by atoms with E-state index >= 15 is 0 Å². The minimum Gasteiger partial charge on any atom is -0.352 e. The lowest BCUT2D eigenvalue weighted by Gasteiger charge is -2.06. The van der Waals surface area contributed by atoms with Gasteiger partial charge in [0.2, 0.25) is 5.91 Å². The van der Waals surface area contributed by atoms with Gasteiger partial charge in [0.05, 0.1) is 17.4 Å². The van der Waals surface area contributed by atoms with Gasteiger partial charge in [0, 0.05) is 31.6 Å². The van der Waals surface area contributed by atoms with Gasteiger partial charge < -0.3 is 15.2 Å². The number of hydrogen-bond acceptors (Lipinski definition) is 3. The van der Waals surface area contributed by atoms with E-state index in [1.165, 1.54) is 6.92 Å². The average molecular weight is 350 g/mol. The molecule has 2 amide bonds. The van der Waals surface area contributed by atoms with E-state index in [9.17, 15) is 9.59 Å². The largest absolute Gasteiger partial charge is 0.352 e. The first kappa shape index (κ1) is 17.7. The molecule has 0 aliphatic rings. The van der Waals surface area contributed by atoms with Gasteiger partial charge in [0.1, 0.15) is 5.65 Å². The summed E-state index contributed by atoms with van der Waals surface area (Å²) in [5.41, 5.74) is 2.97. The monoisotopic (exact) mass is 350 g/mol. The van der Waals surface area contributed by atoms with Gasteiger partial charge in [0.25, 0.3) is 5.91 Å². The molecule has 134 valence electrons. The van der Waals surface area contributed by atoms with E-state index in [2.05, 4.69) is 15.6 Å². The first-order chi connectivity index (χ1) is 12.6. The fraction of sp³-hybridized carbons (Fsp3) is 0.250. The second-order valence-corrected chi connectivity index (χ2v) is 6.19. The van der Waals surface area contributed by atoms with Crippen molar-refractivity contribution in [3.05, 3.63) is 59.9 Å². The summed E-state index contributed by atoms with van der Waals surface area (Å²) in [6.45, 7) is 4.68. The summed E-state index contributed by atoms with van der Waals surface area (Å²) in [5.74, 6) is -0.308. The van der Waals surface area contributed by atoms with Crippen molar-refractivity contribution < 1.29 is 9.59 Å². The van der Waals surface area contributed by atoms with E-state index in [0.29, 0.717) is 30.0 Å². The van der Waals surface area contributed by atoms with Crippen LogP contribution in [0.5, 0.6) is 0 Å². The molecular weight excluding hydrogens is 328 g/mol. The maximum absolute atomic E-state index is 12.6. The molecule has 0 aliphatic heterocycles. The molecule has 2 aromatic heterocycles. The summed E-state index contributed by atoms with van der Waals surface area (Å²) in [7, 11) is 0. The fourth-order valence-electron chi connectivity index (χ4n) is 2.86. The highest BCUT2D eigenvalue weighted by atomic mass is 16.2. The zero-order chi connectivity index (χ0) is 18.5. The maximum Gasteiger partial charge on any atom is 0.253 e. The normalized spacial score (nSPS) is 10.7. The van der Waals surface area contributed by atoms with Crippen LogP contribution in [-0.2, 0) is 11.3 Å². The summed E-state index contributed by atoms with van der Waals surface area (Å²) in [6.07, 6.45) is 4.30. The number of rotatable bonds is 6. The molecule has 0 fully saturated rings. The van der Waals surface area contributed by atoms with Gasteiger partial charge in [0.15, 0.2) is 0 Å². The van der Waals surface area contributed by atoms with Crippen LogP contribution in [0.25, 0.3) is 11.0 Å². The molecule has 2 N–H and O–H groups in total. The Kier molecular flexibility index (Phi) is 5.31. The SMILES string of the molecule is CCCNC(=O)c1cn(Cc2ccccc2)c2ncc(NC(C)=O)cc12. The molecule has 3 aromatic rings. The van der Waals surface area contributed by atoms with E-state index in [1.54, 1.807) is 12.3 Å². The van der Waals surface area contributed by atoms with E-state index in [1.807, 2.05) is 48.0 Å². The Labute approximate surface area is 152 Å². The molecule has 0 atom stereocenters. The number of carbonyl (C=O) groups is 2. The molecule has 2 heterocycles. The molecule has 0 radical (unpaired) electrons. The Bertz CT molecular complexity index is 932. The molecule has 0 aliphatic carbocycles. The van der Waals surface area contributed by atoms with Gasteiger partial charge in [-0.3, -0.25) is 9.59 Å². The first-order valence-corrected chi connectivity index (χ1v) is 8.67. The average Bonchev–Trinajstić information content (AvgIpc) is 2.98. The number of aromatic nitrogens is 2. The maximum atomic E-state index is 12.6. The minimum absolute atomic E-state index is 0.134. The number of amides is 2. The van der Waals surface area contributed by atoms with Crippen molar-refractivity contribution in [1.82, 2.24) is 14.9 Å². The highest BCUT2D eigenvalue weighted by Gasteiger charge is 2.17. The van der Waals surface area contributed by atoms with Crippen LogP contribution >= 0.6 is 0 Å². The molecule has 6 heteroatoms. The molecule has 0 spiro atoms. The molecule has 6 nitrogen and oxygen atoms in total. The lowest BCUT2D eigenvalue weighted by atomic mass is 10.2. The topological polar surface area (TPSA) is 76.0 Å². The van der Waals surface area contributed by atoms with Crippen molar-refractivity contribution in [2.24, 2.45) is 0 Å². The molecule has 0 saturated heterocycles. The van der Waals surface area contributed by atoms with E-state index < -0.39 is 0 Å². The summed E-state index contributed by atoms with van der Waals surface area (Å²) in [4.78, 5) is 28.4. The molecular formula is C20H22N4O2. The van der Waals surface area contributed by atoms with Gasteiger partial charge in [-0.15, -0.1) is 0 Å². The van der Waals surface area contributed by atoms with Crippen LogP contribution in [0, 0.1) is 0 Å². The second kappa shape index (κ2) is 7.82. The van der Waals surface area contributed by atoms with Gasteiger partial charge >= 0.3 is 0 Å². The lowest BCUT2D eigenvalue weighted by molar-refractivity contribution is -0.114. The summed E-state index contributed by atoms with van der Waals surface area (Å²) >= 11 is 0. The third kappa shape index (κ3) is 3.91. The van der Waals surface area contributed by atoms with E-state index in [0.717, 1.165) is 17.4 Å². The highest BCUT2D eigenvalue weighted by molar-refractivity contribution is 6.07. The van der Waals surface area contributed by atoms with Crippen molar-refractivity contribution in [1.29, 1.82) is 0 Å². The highest BCUT2D eigenvalue weighted by Crippen LogP contribution is 2.24. The molecule has 1 aromatic carbocycles. The number of anilines is 1. The van der Waals surface area contributed by atoms with Crippen molar-refractivity contribution in [2.45, 2.75) is 26.8 Å². The molecule has 0 bridgehead atoms. The quantitative estimate of drug-likeness (QED) is 0.717. The van der Waals surface area contributed by atoms with Crippen LogP contribution < -0.4 is 10.6 Å². The van der Waals surface area contributed by atoms with Gasteiger partial charge in [-0.25, -0.2) is 4.98 Å². The number of carbonyl (C=O) groups excluding carboxylic acids is 2. The fourth-order valence-corrected chi connectivity index (χ4v) is 2.86. The summed E-state index contributed by atoms with van der Waals surface area (Å²) in [6, 6.07) is 11.8. The lowest BCUT2D eigenvalue weighted by Crippen LogP contribution is -2.23. The number of hydrogen-bond donors (Lipinski definition) is 2. The van der Waals surface area contributed by atoms with Gasteiger partial charge in [-0.2, -0.15) is 0 Å². The third-order valence-corrected chi connectivity index (χ3v) is 4.01. The van der Waals surface area contributed by atoms with E-state index in [4.69, 9.17) is 0 Å². The van der Waals surface area contributed by atoms with Crippen LogP contribution in [-0.4, -0.2) is 27.9 Å². The summed E-state index contributed by atoms with van der Waals surface area (Å²) in [5, 5.41) is 6.36. The van der Waals surface area contributed by atoms with Crippen molar-refractivity contribution in [3.63, 3.8) is 0 Å². The minimum atomic E-state index is -0.174. The van der Waals surface area contributed by atoms with Crippen LogP contribution in [0.4, 0.5) is 5.69 Å². The van der Waals surface area contributed by atoms with Gasteiger partial charge in [-0.05, 0) is 18.1 Å². The number of nitrogens with zero attached hydrogens (tertiary/aromatic N) is 2. The number of pyridine rings is 1. The first-order valence-electron chi connectivity index (χ1n) is 8.67. The van der Waals surface area contributed by atoms with Crippen molar-refractivity contribution in [3.8, 4) is 0 Å². The standard InChI is InChI=1S/C20H22N4O2/c1-3-9-21-20(26)18-13-24(12-15-7-5-4-6-8-15)19-17(18)10-16(11-22-19)23-14(2)25/h4-8,10-11,13H,3,9,12H2,1-2H3,(H,21,26)(H,23,25). The van der Waals surface area contributed by atoms with E-state index in [-0.39, 0.29) is 11.8 Å². The summed E-state index contributed by atoms with van der Waals surface area (Å²) < 4.78 is 1.96. The zero-order valence-corrected chi connectivity index (χ0v) is 15.0. The van der Waals surface area contributed by atoms with Crippen LogP contribution in [0.3, 0.4) is 0 Å². The number of fused-ring (bicyclic) bond motifs is 1. The van der Waals surface area contributed by atoms with Crippen molar-refractivity contribution in [2.75, 3.05) is 11.9 Å². The molecule has 26 heavy (non-hydrogen) atoms. The Hall–Kier alpha value is -3.15. The van der Waals surface area contributed by atoms with Gasteiger partial charge in [-0.1, -0.05) is 37.3 Å². The third-order valence-electron chi connectivity index (χ3n) is 4.01. The number of nitrogens with one attached hydrogen (secondary N) is 2. The van der Waals surface area contributed by atoms with Crippen LogP contribution in [0.1, 0.15) is 36.2 Å². The smallest absolute Gasteiger partial charge is 0.253 e. The molecule has 0 unspecified atom stereocenters. The van der Waals surface area contributed by atoms with Crippen molar-refractivity contribution >= 4 is 28.5 Å². The Morgan fingerprint density at radius 2 is 1.96 bits per heavy atom. The Balaban J connectivity index is 2.04. The van der Waals surface area contributed by atoms with Crippen LogP contribution in [0.15, 0.2) is 48.8 Å². The molecule has 0 saturated carbocycles. The predicted molar refractivity (Wildman–Crippen MR) is 102 cm³/mol. The Morgan fingerprint density at radius 3 is 2.65 bits per heavy atom. The van der Waals surface area contributed by atoms with Crippen LogP contribution in [0.2, 0.25) is 0 Å².